The largest absolute Gasteiger partial charge is 0.490 e. The van der Waals surface area contributed by atoms with Crippen LogP contribution in [-0.2, 0) is 0 Å². The molecular formula is C14H16N2O4. The molecule has 1 atom stereocenters. The molecule has 0 aliphatic carbocycles. The zero-order valence-corrected chi connectivity index (χ0v) is 11.3. The van der Waals surface area contributed by atoms with Crippen molar-refractivity contribution in [1.29, 1.82) is 0 Å². The summed E-state index contributed by atoms with van der Waals surface area (Å²) >= 11 is 0. The molecule has 0 aliphatic heterocycles. The second-order valence-corrected chi connectivity index (χ2v) is 3.95. The van der Waals surface area contributed by atoms with Crippen molar-refractivity contribution in [3.63, 3.8) is 0 Å². The first kappa shape index (κ1) is 14.1. The third-order valence-electron chi connectivity index (χ3n) is 2.61. The van der Waals surface area contributed by atoms with Crippen LogP contribution in [0.4, 0.5) is 0 Å². The first-order valence-electron chi connectivity index (χ1n) is 6.05. The standard InChI is InChI=1S/C14H16N2O4/c1-18-12-8-15-13(14(16-12)19-2)11(17)9-20-10-6-4-3-5-7-10/h3-8,11,17H,9H2,1-2H3. The summed E-state index contributed by atoms with van der Waals surface area (Å²) in [5, 5.41) is 10.1. The lowest BCUT2D eigenvalue weighted by molar-refractivity contribution is 0.101. The van der Waals surface area contributed by atoms with Crippen molar-refractivity contribution in [2.24, 2.45) is 0 Å². The van der Waals surface area contributed by atoms with Gasteiger partial charge in [0.1, 0.15) is 24.2 Å². The molecule has 20 heavy (non-hydrogen) atoms. The highest BCUT2D eigenvalue weighted by molar-refractivity contribution is 5.25. The highest BCUT2D eigenvalue weighted by Gasteiger charge is 2.18. The average molecular weight is 276 g/mol. The fraction of sp³-hybridized carbons (Fsp3) is 0.286. The molecule has 0 radical (unpaired) electrons. The first-order chi connectivity index (χ1) is 9.74. The number of hydrogen-bond donors (Lipinski definition) is 1. The van der Waals surface area contributed by atoms with Gasteiger partial charge in [0.2, 0.25) is 11.8 Å². The molecular weight excluding hydrogens is 260 g/mol. The van der Waals surface area contributed by atoms with Gasteiger partial charge in [0.15, 0.2) is 0 Å². The first-order valence-corrected chi connectivity index (χ1v) is 6.05. The lowest BCUT2D eigenvalue weighted by atomic mass is 10.2. The minimum atomic E-state index is -0.941. The number of rotatable bonds is 6. The number of aliphatic hydroxyl groups is 1. The van der Waals surface area contributed by atoms with Gasteiger partial charge in [0, 0.05) is 0 Å². The molecule has 0 aliphatic rings. The summed E-state index contributed by atoms with van der Waals surface area (Å²) in [7, 11) is 2.94. The minimum absolute atomic E-state index is 0.0569. The van der Waals surface area contributed by atoms with Crippen LogP contribution in [0.5, 0.6) is 17.5 Å². The van der Waals surface area contributed by atoms with Gasteiger partial charge in [-0.1, -0.05) is 18.2 Å². The maximum Gasteiger partial charge on any atom is 0.241 e. The van der Waals surface area contributed by atoms with E-state index in [1.807, 2.05) is 30.3 Å². The highest BCUT2D eigenvalue weighted by Crippen LogP contribution is 2.23. The molecule has 1 aromatic carbocycles. The molecule has 2 aromatic rings. The van der Waals surface area contributed by atoms with E-state index in [1.54, 1.807) is 0 Å². The number of hydrogen-bond acceptors (Lipinski definition) is 6. The SMILES string of the molecule is COc1cnc(C(O)COc2ccccc2)c(OC)n1. The number of nitrogens with zero attached hydrogens (tertiary/aromatic N) is 2. The number of aromatic nitrogens is 2. The van der Waals surface area contributed by atoms with Gasteiger partial charge in [-0.15, -0.1) is 0 Å². The molecule has 0 bridgehead atoms. The molecule has 0 saturated carbocycles. The summed E-state index contributed by atoms with van der Waals surface area (Å²) < 4.78 is 15.5. The second-order valence-electron chi connectivity index (χ2n) is 3.95. The van der Waals surface area contributed by atoms with Crippen molar-refractivity contribution in [2.45, 2.75) is 6.10 Å². The van der Waals surface area contributed by atoms with E-state index in [1.165, 1.54) is 20.4 Å². The molecule has 0 saturated heterocycles. The summed E-state index contributed by atoms with van der Waals surface area (Å²) in [6.07, 6.45) is 0.479. The summed E-state index contributed by atoms with van der Waals surface area (Å²) in [5.41, 5.74) is 0.309. The van der Waals surface area contributed by atoms with Crippen molar-refractivity contribution < 1.29 is 19.3 Å². The van der Waals surface area contributed by atoms with Gasteiger partial charge in [0.05, 0.1) is 20.4 Å². The van der Waals surface area contributed by atoms with Crippen molar-refractivity contribution in [2.75, 3.05) is 20.8 Å². The summed E-state index contributed by atoms with van der Waals surface area (Å²) in [6.45, 7) is 0.0569. The fourth-order valence-electron chi connectivity index (χ4n) is 1.61. The van der Waals surface area contributed by atoms with Crippen LogP contribution in [0.2, 0.25) is 0 Å². The summed E-state index contributed by atoms with van der Waals surface area (Å²) in [6, 6.07) is 9.22. The molecule has 1 aromatic heterocycles. The Morgan fingerprint density at radius 2 is 1.90 bits per heavy atom. The van der Waals surface area contributed by atoms with E-state index in [2.05, 4.69) is 9.97 Å². The number of methoxy groups -OCH3 is 2. The predicted molar refractivity (Wildman–Crippen MR) is 72.0 cm³/mol. The Morgan fingerprint density at radius 1 is 1.15 bits per heavy atom. The zero-order valence-electron chi connectivity index (χ0n) is 11.3. The molecule has 0 fully saturated rings. The van der Waals surface area contributed by atoms with E-state index >= 15 is 0 Å². The predicted octanol–water partition coefficient (Wildman–Crippen LogP) is 1.61. The van der Waals surface area contributed by atoms with Crippen LogP contribution in [0.25, 0.3) is 0 Å². The molecule has 1 heterocycles. The van der Waals surface area contributed by atoms with E-state index in [0.29, 0.717) is 17.3 Å². The molecule has 0 spiro atoms. The Balaban J connectivity index is 2.07. The zero-order chi connectivity index (χ0) is 14.4. The Morgan fingerprint density at radius 3 is 2.55 bits per heavy atom. The van der Waals surface area contributed by atoms with Crippen LogP contribution in [0.15, 0.2) is 36.5 Å². The summed E-state index contributed by atoms with van der Waals surface area (Å²) in [4.78, 5) is 8.15. The van der Waals surface area contributed by atoms with Gasteiger partial charge in [-0.2, -0.15) is 4.98 Å². The van der Waals surface area contributed by atoms with E-state index < -0.39 is 6.10 Å². The minimum Gasteiger partial charge on any atom is -0.490 e. The smallest absolute Gasteiger partial charge is 0.241 e. The van der Waals surface area contributed by atoms with Gasteiger partial charge in [0.25, 0.3) is 0 Å². The van der Waals surface area contributed by atoms with Crippen molar-refractivity contribution in [3.05, 3.63) is 42.2 Å². The molecule has 1 N–H and O–H groups in total. The highest BCUT2D eigenvalue weighted by atomic mass is 16.5. The van der Waals surface area contributed by atoms with Crippen molar-refractivity contribution >= 4 is 0 Å². The van der Waals surface area contributed by atoms with Crippen molar-refractivity contribution in [3.8, 4) is 17.5 Å². The van der Waals surface area contributed by atoms with E-state index in [9.17, 15) is 5.11 Å². The monoisotopic (exact) mass is 276 g/mol. The lowest BCUT2D eigenvalue weighted by Crippen LogP contribution is -2.13. The van der Waals surface area contributed by atoms with Crippen LogP contribution in [-0.4, -0.2) is 35.9 Å². The third-order valence-corrected chi connectivity index (χ3v) is 2.61. The Hall–Kier alpha value is -2.34. The molecule has 6 nitrogen and oxygen atoms in total. The molecule has 2 rings (SSSR count). The quantitative estimate of drug-likeness (QED) is 0.864. The van der Waals surface area contributed by atoms with Crippen LogP contribution in [0.3, 0.4) is 0 Å². The summed E-state index contributed by atoms with van der Waals surface area (Å²) in [5.74, 6) is 1.21. The Kier molecular flexibility index (Phi) is 4.73. The van der Waals surface area contributed by atoms with Crippen LogP contribution in [0, 0.1) is 0 Å². The fourth-order valence-corrected chi connectivity index (χ4v) is 1.61. The third kappa shape index (κ3) is 3.36. The van der Waals surface area contributed by atoms with Crippen LogP contribution in [0.1, 0.15) is 11.8 Å². The average Bonchev–Trinajstić information content (AvgIpc) is 2.52. The Bertz CT molecular complexity index is 548. The lowest BCUT2D eigenvalue weighted by Gasteiger charge is -2.14. The van der Waals surface area contributed by atoms with Crippen LogP contribution < -0.4 is 14.2 Å². The maximum atomic E-state index is 10.1. The number of benzene rings is 1. The van der Waals surface area contributed by atoms with E-state index in [0.717, 1.165) is 0 Å². The van der Waals surface area contributed by atoms with Gasteiger partial charge < -0.3 is 19.3 Å². The molecule has 1 unspecified atom stereocenters. The van der Waals surface area contributed by atoms with Crippen LogP contribution >= 0.6 is 0 Å². The molecule has 0 amide bonds. The maximum absolute atomic E-state index is 10.1. The van der Waals surface area contributed by atoms with E-state index in [4.69, 9.17) is 14.2 Å². The van der Waals surface area contributed by atoms with Gasteiger partial charge in [-0.25, -0.2) is 4.98 Å². The number of ether oxygens (including phenoxy) is 3. The number of para-hydroxylation sites is 1. The van der Waals surface area contributed by atoms with E-state index in [-0.39, 0.29) is 12.5 Å². The second kappa shape index (κ2) is 6.72. The molecule has 6 heteroatoms. The van der Waals surface area contributed by atoms with Gasteiger partial charge in [-0.3, -0.25) is 0 Å². The van der Waals surface area contributed by atoms with Crippen molar-refractivity contribution in [1.82, 2.24) is 9.97 Å². The van der Waals surface area contributed by atoms with Gasteiger partial charge >= 0.3 is 0 Å². The van der Waals surface area contributed by atoms with Gasteiger partial charge in [-0.05, 0) is 12.1 Å². The molecule has 106 valence electrons. The normalized spacial score (nSPS) is 11.8. The topological polar surface area (TPSA) is 73.7 Å². The number of aliphatic hydroxyl groups excluding tert-OH is 1. The Labute approximate surface area is 117 Å².